The lowest BCUT2D eigenvalue weighted by Crippen LogP contribution is -2.54. The van der Waals surface area contributed by atoms with Crippen LogP contribution in [0.5, 0.6) is 0 Å². The first-order chi connectivity index (χ1) is 9.58. The second-order valence-corrected chi connectivity index (χ2v) is 6.16. The molecular formula is C16H21FN2O. The largest absolute Gasteiger partial charge is 0.334 e. The van der Waals surface area contributed by atoms with E-state index in [4.69, 9.17) is 5.73 Å². The molecule has 0 saturated heterocycles. The average molecular weight is 276 g/mol. The SMILES string of the molecule is NC1(C(=O)N(Cc2cccc(F)c2)C2CC2)CCCC1. The lowest BCUT2D eigenvalue weighted by molar-refractivity contribution is -0.138. The third kappa shape index (κ3) is 2.70. The molecule has 0 atom stereocenters. The van der Waals surface area contributed by atoms with E-state index in [1.807, 2.05) is 11.0 Å². The van der Waals surface area contributed by atoms with Crippen LogP contribution in [0, 0.1) is 5.82 Å². The zero-order valence-corrected chi connectivity index (χ0v) is 11.6. The zero-order valence-electron chi connectivity index (χ0n) is 11.6. The van der Waals surface area contributed by atoms with Gasteiger partial charge < -0.3 is 10.6 Å². The fourth-order valence-corrected chi connectivity index (χ4v) is 3.09. The highest BCUT2D eigenvalue weighted by Crippen LogP contribution is 2.35. The minimum Gasteiger partial charge on any atom is -0.334 e. The van der Waals surface area contributed by atoms with E-state index in [2.05, 4.69) is 0 Å². The maximum atomic E-state index is 13.3. The molecule has 2 aliphatic carbocycles. The molecule has 2 N–H and O–H groups in total. The molecule has 0 bridgehead atoms. The Kier molecular flexibility index (Phi) is 3.50. The summed E-state index contributed by atoms with van der Waals surface area (Å²) < 4.78 is 13.3. The van der Waals surface area contributed by atoms with Crippen LogP contribution in [0.1, 0.15) is 44.1 Å². The predicted molar refractivity (Wildman–Crippen MR) is 75.4 cm³/mol. The maximum Gasteiger partial charge on any atom is 0.243 e. The van der Waals surface area contributed by atoms with Crippen LogP contribution in [0.4, 0.5) is 4.39 Å². The van der Waals surface area contributed by atoms with Gasteiger partial charge in [0.05, 0.1) is 5.54 Å². The summed E-state index contributed by atoms with van der Waals surface area (Å²) in [6.07, 6.45) is 5.69. The van der Waals surface area contributed by atoms with Crippen molar-refractivity contribution in [3.8, 4) is 0 Å². The molecule has 1 amide bonds. The Labute approximate surface area is 118 Å². The van der Waals surface area contributed by atoms with Gasteiger partial charge in [-0.3, -0.25) is 4.79 Å². The van der Waals surface area contributed by atoms with Crippen molar-refractivity contribution in [2.45, 2.75) is 56.7 Å². The minimum atomic E-state index is -0.685. The van der Waals surface area contributed by atoms with Gasteiger partial charge in [0.2, 0.25) is 5.91 Å². The van der Waals surface area contributed by atoms with E-state index in [9.17, 15) is 9.18 Å². The minimum absolute atomic E-state index is 0.0572. The van der Waals surface area contributed by atoms with Gasteiger partial charge in [0.25, 0.3) is 0 Å². The summed E-state index contributed by atoms with van der Waals surface area (Å²) >= 11 is 0. The Morgan fingerprint density at radius 1 is 1.35 bits per heavy atom. The molecule has 20 heavy (non-hydrogen) atoms. The van der Waals surface area contributed by atoms with Gasteiger partial charge in [-0.15, -0.1) is 0 Å². The number of amides is 1. The third-order valence-electron chi connectivity index (χ3n) is 4.41. The summed E-state index contributed by atoms with van der Waals surface area (Å²) in [7, 11) is 0. The molecule has 0 aromatic heterocycles. The highest BCUT2D eigenvalue weighted by molar-refractivity contribution is 5.87. The van der Waals surface area contributed by atoms with Crippen molar-refractivity contribution >= 4 is 5.91 Å². The number of hydrogen-bond donors (Lipinski definition) is 1. The predicted octanol–water partition coefficient (Wildman–Crippen LogP) is 2.59. The Morgan fingerprint density at radius 2 is 2.05 bits per heavy atom. The molecule has 0 unspecified atom stereocenters. The van der Waals surface area contributed by atoms with Gasteiger partial charge in [-0.2, -0.15) is 0 Å². The summed E-state index contributed by atoms with van der Waals surface area (Å²) in [6.45, 7) is 0.472. The van der Waals surface area contributed by atoms with Gasteiger partial charge in [0, 0.05) is 12.6 Å². The highest BCUT2D eigenvalue weighted by Gasteiger charge is 2.44. The summed E-state index contributed by atoms with van der Waals surface area (Å²) in [6, 6.07) is 6.78. The van der Waals surface area contributed by atoms with Crippen LogP contribution in [-0.2, 0) is 11.3 Å². The van der Waals surface area contributed by atoms with Crippen molar-refractivity contribution in [1.82, 2.24) is 4.90 Å². The Morgan fingerprint density at radius 3 is 2.65 bits per heavy atom. The Hall–Kier alpha value is -1.42. The van der Waals surface area contributed by atoms with Crippen molar-refractivity contribution in [3.05, 3.63) is 35.6 Å². The number of benzene rings is 1. The van der Waals surface area contributed by atoms with E-state index in [0.29, 0.717) is 12.6 Å². The van der Waals surface area contributed by atoms with E-state index >= 15 is 0 Å². The Bertz CT molecular complexity index is 507. The number of nitrogens with zero attached hydrogens (tertiary/aromatic N) is 1. The molecule has 2 fully saturated rings. The summed E-state index contributed by atoms with van der Waals surface area (Å²) in [5.74, 6) is -0.198. The zero-order chi connectivity index (χ0) is 14.2. The second kappa shape index (κ2) is 5.17. The summed E-state index contributed by atoms with van der Waals surface area (Å²) in [5, 5.41) is 0. The Balaban J connectivity index is 1.77. The average Bonchev–Trinajstić information content (AvgIpc) is 3.17. The fourth-order valence-electron chi connectivity index (χ4n) is 3.09. The van der Waals surface area contributed by atoms with Gasteiger partial charge in [-0.25, -0.2) is 4.39 Å². The van der Waals surface area contributed by atoms with Crippen LogP contribution >= 0.6 is 0 Å². The monoisotopic (exact) mass is 276 g/mol. The second-order valence-electron chi connectivity index (χ2n) is 6.16. The lowest BCUT2D eigenvalue weighted by atomic mass is 9.96. The molecule has 0 radical (unpaired) electrons. The van der Waals surface area contributed by atoms with Gasteiger partial charge in [0.15, 0.2) is 0 Å². The first-order valence-electron chi connectivity index (χ1n) is 7.43. The van der Waals surface area contributed by atoms with Crippen molar-refractivity contribution in [3.63, 3.8) is 0 Å². The van der Waals surface area contributed by atoms with Crippen molar-refractivity contribution < 1.29 is 9.18 Å². The summed E-state index contributed by atoms with van der Waals surface area (Å²) in [4.78, 5) is 14.6. The first kappa shape index (κ1) is 13.6. The number of carbonyl (C=O) groups excluding carboxylic acids is 1. The quantitative estimate of drug-likeness (QED) is 0.918. The molecule has 108 valence electrons. The van der Waals surface area contributed by atoms with E-state index in [1.165, 1.54) is 12.1 Å². The van der Waals surface area contributed by atoms with Gasteiger partial charge >= 0.3 is 0 Å². The van der Waals surface area contributed by atoms with Gasteiger partial charge in [-0.05, 0) is 43.4 Å². The van der Waals surface area contributed by atoms with Crippen LogP contribution < -0.4 is 5.73 Å². The number of halogens is 1. The van der Waals surface area contributed by atoms with E-state index in [-0.39, 0.29) is 11.7 Å². The maximum absolute atomic E-state index is 13.3. The van der Waals surface area contributed by atoms with E-state index in [1.54, 1.807) is 6.07 Å². The van der Waals surface area contributed by atoms with Gasteiger partial charge in [0.1, 0.15) is 5.82 Å². The van der Waals surface area contributed by atoms with Crippen LogP contribution in [0.3, 0.4) is 0 Å². The van der Waals surface area contributed by atoms with E-state index < -0.39 is 5.54 Å². The number of rotatable bonds is 4. The molecule has 3 nitrogen and oxygen atoms in total. The third-order valence-corrected chi connectivity index (χ3v) is 4.41. The molecule has 1 aromatic rings. The standard InChI is InChI=1S/C16H21FN2O/c17-13-5-3-4-12(10-13)11-19(14-6-7-14)15(20)16(18)8-1-2-9-16/h3-5,10,14H,1-2,6-9,11,18H2. The molecule has 0 heterocycles. The molecule has 0 aliphatic heterocycles. The molecular weight excluding hydrogens is 255 g/mol. The summed E-state index contributed by atoms with van der Waals surface area (Å²) in [5.41, 5.74) is 6.44. The fraction of sp³-hybridized carbons (Fsp3) is 0.562. The smallest absolute Gasteiger partial charge is 0.243 e. The number of hydrogen-bond acceptors (Lipinski definition) is 2. The first-order valence-corrected chi connectivity index (χ1v) is 7.43. The lowest BCUT2D eigenvalue weighted by Gasteiger charge is -2.32. The van der Waals surface area contributed by atoms with Crippen LogP contribution in [0.15, 0.2) is 24.3 Å². The van der Waals surface area contributed by atoms with Crippen molar-refractivity contribution in [2.24, 2.45) is 5.73 Å². The normalized spacial score (nSPS) is 20.9. The van der Waals surface area contributed by atoms with Gasteiger partial charge in [-0.1, -0.05) is 25.0 Å². The molecule has 3 rings (SSSR count). The molecule has 2 saturated carbocycles. The van der Waals surface area contributed by atoms with Crippen LogP contribution in [-0.4, -0.2) is 22.4 Å². The number of carbonyl (C=O) groups is 1. The molecule has 2 aliphatic rings. The highest BCUT2D eigenvalue weighted by atomic mass is 19.1. The van der Waals surface area contributed by atoms with E-state index in [0.717, 1.165) is 44.1 Å². The van der Waals surface area contributed by atoms with Crippen LogP contribution in [0.2, 0.25) is 0 Å². The van der Waals surface area contributed by atoms with Crippen LogP contribution in [0.25, 0.3) is 0 Å². The topological polar surface area (TPSA) is 46.3 Å². The molecule has 4 heteroatoms. The molecule has 0 spiro atoms. The number of nitrogens with two attached hydrogens (primary N) is 1. The van der Waals surface area contributed by atoms with Crippen molar-refractivity contribution in [1.29, 1.82) is 0 Å². The van der Waals surface area contributed by atoms with Crippen molar-refractivity contribution in [2.75, 3.05) is 0 Å². The molecule has 1 aromatic carbocycles.